The van der Waals surface area contributed by atoms with Gasteiger partial charge in [0, 0.05) is 47.4 Å². The van der Waals surface area contributed by atoms with Gasteiger partial charge in [-0.3, -0.25) is 9.69 Å². The highest BCUT2D eigenvalue weighted by molar-refractivity contribution is 7.09. The van der Waals surface area contributed by atoms with Gasteiger partial charge in [-0.15, -0.1) is 11.3 Å². The van der Waals surface area contributed by atoms with Gasteiger partial charge >= 0.3 is 6.03 Å². The van der Waals surface area contributed by atoms with Gasteiger partial charge < -0.3 is 20.7 Å². The summed E-state index contributed by atoms with van der Waals surface area (Å²) in [6.07, 6.45) is 1.77. The Labute approximate surface area is 204 Å². The van der Waals surface area contributed by atoms with E-state index in [1.54, 1.807) is 42.7 Å². The molecular formula is C26H30N4O3S. The maximum atomic E-state index is 12.5. The second-order valence-corrected chi connectivity index (χ2v) is 9.34. The lowest BCUT2D eigenvalue weighted by molar-refractivity contribution is 0.0951. The molecule has 1 fully saturated rings. The van der Waals surface area contributed by atoms with E-state index in [1.807, 2.05) is 35.7 Å². The molecule has 4 rings (SSSR count). The van der Waals surface area contributed by atoms with Crippen molar-refractivity contribution in [2.24, 2.45) is 0 Å². The summed E-state index contributed by atoms with van der Waals surface area (Å²) < 4.78 is 5.45. The van der Waals surface area contributed by atoms with Crippen molar-refractivity contribution in [1.29, 1.82) is 0 Å². The van der Waals surface area contributed by atoms with E-state index in [2.05, 4.69) is 26.9 Å². The Balaban J connectivity index is 1.23. The summed E-state index contributed by atoms with van der Waals surface area (Å²) in [5.74, 6) is 0.740. The van der Waals surface area contributed by atoms with Crippen LogP contribution in [0.4, 0.5) is 10.5 Å². The molecule has 2 aromatic carbocycles. The van der Waals surface area contributed by atoms with E-state index >= 15 is 0 Å². The zero-order valence-corrected chi connectivity index (χ0v) is 20.1. The second kappa shape index (κ2) is 11.7. The molecule has 178 valence electrons. The molecule has 3 amide bonds. The van der Waals surface area contributed by atoms with Crippen LogP contribution in [-0.4, -0.2) is 43.1 Å². The number of ether oxygens (including phenoxy) is 1. The standard InChI is InChI=1S/C26H30N4O3S/c1-33-24-10-3-2-6-20(24)18-30-13-11-21(12-14-30)28-26(32)29-22-8-4-7-19(16-22)25(31)27-17-23-9-5-15-34-23/h2-10,15-16,21H,11-14,17-18H2,1H3,(H,27,31)(H2,28,29,32). The minimum atomic E-state index is -0.251. The Morgan fingerprint density at radius 2 is 1.88 bits per heavy atom. The maximum Gasteiger partial charge on any atom is 0.319 e. The number of para-hydroxylation sites is 1. The number of anilines is 1. The molecule has 34 heavy (non-hydrogen) atoms. The zero-order valence-electron chi connectivity index (χ0n) is 19.3. The monoisotopic (exact) mass is 478 g/mol. The van der Waals surface area contributed by atoms with E-state index in [0.717, 1.165) is 43.1 Å². The third kappa shape index (κ3) is 6.59. The van der Waals surface area contributed by atoms with E-state index in [9.17, 15) is 9.59 Å². The topological polar surface area (TPSA) is 82.7 Å². The van der Waals surface area contributed by atoms with Crippen molar-refractivity contribution in [3.8, 4) is 5.75 Å². The average Bonchev–Trinajstić information content (AvgIpc) is 3.38. The van der Waals surface area contributed by atoms with Gasteiger partial charge in [-0.25, -0.2) is 4.79 Å². The third-order valence-corrected chi connectivity index (χ3v) is 6.77. The molecule has 3 N–H and O–H groups in total. The molecule has 0 spiro atoms. The number of urea groups is 1. The number of nitrogens with one attached hydrogen (secondary N) is 3. The van der Waals surface area contributed by atoms with Gasteiger partial charge in [-0.2, -0.15) is 0 Å². The van der Waals surface area contributed by atoms with Gasteiger partial charge in [0.25, 0.3) is 5.91 Å². The number of nitrogens with zero attached hydrogens (tertiary/aromatic N) is 1. The van der Waals surface area contributed by atoms with Gasteiger partial charge in [-0.1, -0.05) is 30.3 Å². The quantitative estimate of drug-likeness (QED) is 0.446. The number of carbonyl (C=O) groups is 2. The van der Waals surface area contributed by atoms with E-state index in [-0.39, 0.29) is 18.0 Å². The molecule has 0 bridgehead atoms. The molecule has 0 atom stereocenters. The number of hydrogen-bond donors (Lipinski definition) is 3. The van der Waals surface area contributed by atoms with Gasteiger partial charge in [-0.05, 0) is 48.6 Å². The van der Waals surface area contributed by atoms with Crippen LogP contribution in [0.5, 0.6) is 5.75 Å². The summed E-state index contributed by atoms with van der Waals surface area (Å²) in [6, 6.07) is 18.9. The first-order valence-corrected chi connectivity index (χ1v) is 12.3. The number of methoxy groups -OCH3 is 1. The Morgan fingerprint density at radius 3 is 2.65 bits per heavy atom. The van der Waals surface area contributed by atoms with Gasteiger partial charge in [0.2, 0.25) is 0 Å². The van der Waals surface area contributed by atoms with Crippen molar-refractivity contribution >= 4 is 29.0 Å². The van der Waals surface area contributed by atoms with Crippen LogP contribution in [0.1, 0.15) is 33.6 Å². The van der Waals surface area contributed by atoms with Gasteiger partial charge in [0.15, 0.2) is 0 Å². The molecule has 0 unspecified atom stereocenters. The van der Waals surface area contributed by atoms with Crippen molar-refractivity contribution < 1.29 is 14.3 Å². The van der Waals surface area contributed by atoms with E-state index in [4.69, 9.17) is 4.74 Å². The van der Waals surface area contributed by atoms with Crippen LogP contribution in [0.3, 0.4) is 0 Å². The molecule has 2 heterocycles. The van der Waals surface area contributed by atoms with E-state index < -0.39 is 0 Å². The Kier molecular flexibility index (Phi) is 8.17. The number of amides is 3. The molecular weight excluding hydrogens is 448 g/mol. The molecule has 8 heteroatoms. The minimum absolute atomic E-state index is 0.117. The number of carbonyl (C=O) groups excluding carboxylic acids is 2. The summed E-state index contributed by atoms with van der Waals surface area (Å²) in [4.78, 5) is 28.5. The normalized spacial score (nSPS) is 14.4. The maximum absolute atomic E-state index is 12.5. The molecule has 1 aromatic heterocycles. The minimum Gasteiger partial charge on any atom is -0.496 e. The number of thiophene rings is 1. The molecule has 7 nitrogen and oxygen atoms in total. The van der Waals surface area contributed by atoms with Gasteiger partial charge in [0.05, 0.1) is 13.7 Å². The van der Waals surface area contributed by atoms with E-state index in [0.29, 0.717) is 17.8 Å². The number of benzene rings is 2. The Bertz CT molecular complexity index is 1090. The molecule has 0 aliphatic carbocycles. The molecule has 0 radical (unpaired) electrons. The van der Waals surface area contributed by atoms with Crippen LogP contribution in [0.25, 0.3) is 0 Å². The first-order valence-electron chi connectivity index (χ1n) is 11.4. The van der Waals surface area contributed by atoms with Crippen molar-refractivity contribution in [1.82, 2.24) is 15.5 Å². The van der Waals surface area contributed by atoms with Crippen LogP contribution in [-0.2, 0) is 13.1 Å². The fourth-order valence-electron chi connectivity index (χ4n) is 4.08. The van der Waals surface area contributed by atoms with E-state index in [1.165, 1.54) is 5.56 Å². The molecule has 1 saturated heterocycles. The first kappa shape index (κ1) is 23.8. The highest BCUT2D eigenvalue weighted by Crippen LogP contribution is 2.21. The smallest absolute Gasteiger partial charge is 0.319 e. The predicted molar refractivity (Wildman–Crippen MR) is 135 cm³/mol. The second-order valence-electron chi connectivity index (χ2n) is 8.30. The van der Waals surface area contributed by atoms with Crippen molar-refractivity contribution in [2.75, 3.05) is 25.5 Å². The summed E-state index contributed by atoms with van der Waals surface area (Å²) in [6.45, 7) is 3.14. The van der Waals surface area contributed by atoms with Crippen LogP contribution in [0.2, 0.25) is 0 Å². The number of piperidine rings is 1. The van der Waals surface area contributed by atoms with Crippen molar-refractivity contribution in [3.63, 3.8) is 0 Å². The lowest BCUT2D eigenvalue weighted by atomic mass is 10.0. The summed E-state index contributed by atoms with van der Waals surface area (Å²) in [5, 5.41) is 10.8. The molecule has 3 aromatic rings. The number of likely N-dealkylation sites (tertiary alicyclic amines) is 1. The lowest BCUT2D eigenvalue weighted by Crippen LogP contribution is -2.45. The van der Waals surface area contributed by atoms with Crippen molar-refractivity contribution in [3.05, 3.63) is 82.0 Å². The van der Waals surface area contributed by atoms with Crippen LogP contribution in [0.15, 0.2) is 66.0 Å². The summed E-state index contributed by atoms with van der Waals surface area (Å²) >= 11 is 1.60. The van der Waals surface area contributed by atoms with Crippen LogP contribution in [0, 0.1) is 0 Å². The highest BCUT2D eigenvalue weighted by atomic mass is 32.1. The van der Waals surface area contributed by atoms with Crippen LogP contribution >= 0.6 is 11.3 Å². The molecule has 0 saturated carbocycles. The fourth-order valence-corrected chi connectivity index (χ4v) is 4.73. The Hall–Kier alpha value is -3.36. The molecule has 1 aliphatic heterocycles. The average molecular weight is 479 g/mol. The Morgan fingerprint density at radius 1 is 1.06 bits per heavy atom. The zero-order chi connectivity index (χ0) is 23.8. The fraction of sp³-hybridized carbons (Fsp3) is 0.308. The molecule has 1 aliphatic rings. The SMILES string of the molecule is COc1ccccc1CN1CCC(NC(=O)Nc2cccc(C(=O)NCc3cccs3)c2)CC1. The first-order chi connectivity index (χ1) is 16.6. The third-order valence-electron chi connectivity index (χ3n) is 5.90. The summed E-state index contributed by atoms with van der Waals surface area (Å²) in [5.41, 5.74) is 2.28. The largest absolute Gasteiger partial charge is 0.496 e. The predicted octanol–water partition coefficient (Wildman–Crippen LogP) is 4.47. The lowest BCUT2D eigenvalue weighted by Gasteiger charge is -2.32. The van der Waals surface area contributed by atoms with Crippen molar-refractivity contribution in [2.45, 2.75) is 32.0 Å². The van der Waals surface area contributed by atoms with Crippen LogP contribution < -0.4 is 20.7 Å². The van der Waals surface area contributed by atoms with Gasteiger partial charge in [0.1, 0.15) is 5.75 Å². The number of rotatable bonds is 8. The number of hydrogen-bond acceptors (Lipinski definition) is 5. The highest BCUT2D eigenvalue weighted by Gasteiger charge is 2.21. The summed E-state index contributed by atoms with van der Waals surface area (Å²) in [7, 11) is 1.70.